The molecule has 0 aliphatic heterocycles. The summed E-state index contributed by atoms with van der Waals surface area (Å²) in [4.78, 5) is 11.1. The van der Waals surface area contributed by atoms with Gasteiger partial charge in [0.05, 0.1) is 0 Å². The zero-order valence-corrected chi connectivity index (χ0v) is 13.7. The van der Waals surface area contributed by atoms with E-state index < -0.39 is 27.5 Å². The second-order valence-electron chi connectivity index (χ2n) is 3.74. The van der Waals surface area contributed by atoms with Crippen LogP contribution in [0.5, 0.6) is 0 Å². The molecule has 2 aromatic rings. The van der Waals surface area contributed by atoms with Crippen molar-refractivity contribution in [1.29, 1.82) is 0 Å². The number of aromatic carboxylic acids is 1. The van der Waals surface area contributed by atoms with E-state index in [-0.39, 0.29) is 11.4 Å². The Kier molecular flexibility index (Phi) is 4.57. The van der Waals surface area contributed by atoms with Crippen LogP contribution >= 0.6 is 22.6 Å². The summed E-state index contributed by atoms with van der Waals surface area (Å²) in [6.07, 6.45) is 0. The van der Waals surface area contributed by atoms with Crippen molar-refractivity contribution in [2.75, 3.05) is 0 Å². The van der Waals surface area contributed by atoms with Gasteiger partial charge in [-0.3, -0.25) is 0 Å². The van der Waals surface area contributed by atoms with Crippen LogP contribution in [0.4, 0.5) is 8.78 Å². The summed E-state index contributed by atoms with van der Waals surface area (Å²) in [7, 11) is 0. The molecule has 0 saturated heterocycles. The van der Waals surface area contributed by atoms with Crippen LogP contribution in [0.2, 0.25) is 0 Å². The number of carbonyl (C=O) groups is 1. The maximum absolute atomic E-state index is 13.8. The summed E-state index contributed by atoms with van der Waals surface area (Å²) in [6.45, 7) is 0. The van der Waals surface area contributed by atoms with E-state index in [1.54, 1.807) is 12.1 Å². The Bertz CT molecular complexity index is 647. The Morgan fingerprint density at radius 1 is 1.11 bits per heavy atom. The third-order valence-electron chi connectivity index (χ3n) is 2.41. The zero-order chi connectivity index (χ0) is 14.0. The Hall–Kier alpha value is -0.942. The van der Waals surface area contributed by atoms with Crippen LogP contribution in [0.15, 0.2) is 36.4 Å². The molecular formula is C13H8AsF2IO2. The molecular weight excluding hydrogens is 428 g/mol. The topological polar surface area (TPSA) is 37.3 Å². The van der Waals surface area contributed by atoms with Gasteiger partial charge in [-0.05, 0) is 0 Å². The van der Waals surface area contributed by atoms with Gasteiger partial charge in [-0.25, -0.2) is 0 Å². The van der Waals surface area contributed by atoms with E-state index in [0.29, 0.717) is 8.70 Å². The minimum atomic E-state index is -1.23. The van der Waals surface area contributed by atoms with Crippen molar-refractivity contribution >= 4 is 53.0 Å². The van der Waals surface area contributed by atoms with Gasteiger partial charge < -0.3 is 0 Å². The Morgan fingerprint density at radius 2 is 1.84 bits per heavy atom. The molecule has 0 bridgehead atoms. The number of hydrogen-bond acceptors (Lipinski definition) is 1. The molecule has 6 heteroatoms. The molecule has 19 heavy (non-hydrogen) atoms. The predicted molar refractivity (Wildman–Crippen MR) is 78.9 cm³/mol. The van der Waals surface area contributed by atoms with E-state index in [1.165, 1.54) is 18.2 Å². The number of halogens is 3. The summed E-state index contributed by atoms with van der Waals surface area (Å²) in [6, 6.07) is 8.28. The van der Waals surface area contributed by atoms with Crippen molar-refractivity contribution < 1.29 is 18.7 Å². The standard InChI is InChI=1S/C13H8AsF2IO2/c15-7-1-3-9(13(18)19)11(5-7)14-10-4-2-8(17)6-12(10)16/h1-6,14H,(H,18,19). The molecule has 0 amide bonds. The monoisotopic (exact) mass is 436 g/mol. The van der Waals surface area contributed by atoms with E-state index in [4.69, 9.17) is 5.11 Å². The van der Waals surface area contributed by atoms with Crippen LogP contribution in [0.1, 0.15) is 10.4 Å². The molecule has 2 nitrogen and oxygen atoms in total. The molecule has 0 heterocycles. The maximum atomic E-state index is 13.8. The molecule has 0 fully saturated rings. The SMILES string of the molecule is O=C(O)c1ccc(F)cc1[AsH]c1ccc(I)cc1F. The van der Waals surface area contributed by atoms with Crippen molar-refractivity contribution in [3.05, 3.63) is 57.2 Å². The van der Waals surface area contributed by atoms with Gasteiger partial charge in [0.2, 0.25) is 0 Å². The van der Waals surface area contributed by atoms with Crippen molar-refractivity contribution in [2.45, 2.75) is 0 Å². The Balaban J connectivity index is 2.42. The third-order valence-corrected chi connectivity index (χ3v) is 5.93. The summed E-state index contributed by atoms with van der Waals surface area (Å²) < 4.78 is 28.6. The molecule has 2 rings (SSSR count). The van der Waals surface area contributed by atoms with Gasteiger partial charge in [0, 0.05) is 0 Å². The molecule has 98 valence electrons. The first-order valence-corrected chi connectivity index (χ1v) is 8.40. The van der Waals surface area contributed by atoms with Gasteiger partial charge in [0.15, 0.2) is 0 Å². The van der Waals surface area contributed by atoms with Crippen molar-refractivity contribution in [3.63, 3.8) is 0 Å². The van der Waals surface area contributed by atoms with Crippen molar-refractivity contribution in [2.24, 2.45) is 0 Å². The number of rotatable bonds is 3. The number of carboxylic acid groups (broad SMARTS) is 1. The van der Waals surface area contributed by atoms with Crippen LogP contribution < -0.4 is 8.70 Å². The summed E-state index contributed by atoms with van der Waals surface area (Å²) in [5.41, 5.74) is 0.0411. The first-order valence-electron chi connectivity index (χ1n) is 5.22. The fraction of sp³-hybridized carbons (Fsp3) is 0. The van der Waals surface area contributed by atoms with Crippen LogP contribution in [0.3, 0.4) is 0 Å². The van der Waals surface area contributed by atoms with E-state index in [1.807, 2.05) is 22.6 Å². The van der Waals surface area contributed by atoms with Crippen LogP contribution in [-0.4, -0.2) is 26.8 Å². The first kappa shape index (κ1) is 14.5. The second-order valence-corrected chi connectivity index (χ2v) is 7.77. The molecule has 0 saturated carbocycles. The molecule has 1 atom stereocenters. The molecule has 0 spiro atoms. The number of carboxylic acids is 1. The molecule has 1 unspecified atom stereocenters. The Labute approximate surface area is 128 Å². The first-order chi connectivity index (χ1) is 8.97. The molecule has 0 aliphatic carbocycles. The van der Waals surface area contributed by atoms with Gasteiger partial charge >= 0.3 is 129 Å². The number of benzene rings is 2. The average Bonchev–Trinajstić information content (AvgIpc) is 2.32. The van der Waals surface area contributed by atoms with E-state index in [0.717, 1.165) is 9.64 Å². The Morgan fingerprint density at radius 3 is 2.47 bits per heavy atom. The van der Waals surface area contributed by atoms with E-state index in [9.17, 15) is 13.6 Å². The average molecular weight is 436 g/mol. The predicted octanol–water partition coefficient (Wildman–Crippen LogP) is 1.65. The fourth-order valence-corrected chi connectivity index (χ4v) is 4.48. The van der Waals surface area contributed by atoms with Gasteiger partial charge in [0.25, 0.3) is 0 Å². The minimum absolute atomic E-state index is 0.0411. The van der Waals surface area contributed by atoms with Gasteiger partial charge in [0.1, 0.15) is 0 Å². The normalized spacial score (nSPS) is 11.1. The molecule has 0 radical (unpaired) electrons. The van der Waals surface area contributed by atoms with E-state index in [2.05, 4.69) is 0 Å². The van der Waals surface area contributed by atoms with Gasteiger partial charge in [-0.15, -0.1) is 0 Å². The summed E-state index contributed by atoms with van der Waals surface area (Å²) in [5, 5.41) is 9.05. The van der Waals surface area contributed by atoms with Gasteiger partial charge in [-0.2, -0.15) is 0 Å². The summed E-state index contributed by atoms with van der Waals surface area (Å²) in [5.74, 6) is -1.99. The molecule has 1 N–H and O–H groups in total. The quantitative estimate of drug-likeness (QED) is 0.588. The molecule has 0 aromatic heterocycles. The van der Waals surface area contributed by atoms with Crippen molar-refractivity contribution in [3.8, 4) is 0 Å². The number of hydrogen-bond donors (Lipinski definition) is 1. The molecule has 0 aliphatic rings. The van der Waals surface area contributed by atoms with Crippen LogP contribution in [0.25, 0.3) is 0 Å². The van der Waals surface area contributed by atoms with Crippen LogP contribution in [0, 0.1) is 15.2 Å². The van der Waals surface area contributed by atoms with Crippen LogP contribution in [-0.2, 0) is 0 Å². The third kappa shape index (κ3) is 3.54. The fourth-order valence-electron chi connectivity index (χ4n) is 1.54. The zero-order valence-electron chi connectivity index (χ0n) is 9.45. The summed E-state index contributed by atoms with van der Waals surface area (Å²) >= 11 is 0.766. The van der Waals surface area contributed by atoms with Crippen molar-refractivity contribution in [1.82, 2.24) is 0 Å². The van der Waals surface area contributed by atoms with Gasteiger partial charge in [-0.1, -0.05) is 0 Å². The van der Waals surface area contributed by atoms with E-state index >= 15 is 0 Å². The molecule has 2 aromatic carbocycles. The second kappa shape index (κ2) is 6.01.